The van der Waals surface area contributed by atoms with Gasteiger partial charge < -0.3 is 0 Å². The van der Waals surface area contributed by atoms with E-state index in [1.807, 2.05) is 0 Å². The van der Waals surface area contributed by atoms with Crippen LogP contribution in [0.2, 0.25) is 0 Å². The summed E-state index contributed by atoms with van der Waals surface area (Å²) >= 11 is 0. The molecule has 7 rings (SSSR count). The minimum absolute atomic E-state index is 0.0185. The Bertz CT molecular complexity index is 1560. The van der Waals surface area contributed by atoms with Crippen LogP contribution in [0.25, 0.3) is 22.8 Å². The summed E-state index contributed by atoms with van der Waals surface area (Å²) in [6.45, 7) is 2.16. The van der Waals surface area contributed by atoms with Gasteiger partial charge in [-0.25, -0.2) is 18.7 Å². The molecule has 2 saturated carbocycles. The minimum atomic E-state index is -4.42. The van der Waals surface area contributed by atoms with Gasteiger partial charge in [0, 0.05) is 6.20 Å². The fourth-order valence-electron chi connectivity index (χ4n) is 6.78. The van der Waals surface area contributed by atoms with Crippen molar-refractivity contribution in [3.8, 4) is 22.8 Å². The van der Waals surface area contributed by atoms with E-state index in [9.17, 15) is 22.0 Å². The standard InChI is InChI=1S/C25H18F5N7/c1-23-6-12-11-5-16(20-14(26)3-2-4-15(20)27)34-36-21(11)24(23,7-13(12)23)18-10-31-9-17(32-18)22-33-19(35-37-22)8-25(28,29)30/h2-5,9-10,12-13H,6-8H2,1H3,(H,33,35,37)/t12-,13?,23?,24+/m1/s1. The van der Waals surface area contributed by atoms with Crippen LogP contribution in [0.4, 0.5) is 22.0 Å². The van der Waals surface area contributed by atoms with E-state index < -0.39 is 29.6 Å². The van der Waals surface area contributed by atoms with Crippen molar-refractivity contribution < 1.29 is 22.0 Å². The number of H-pyrrole nitrogens is 1. The van der Waals surface area contributed by atoms with Crippen LogP contribution in [-0.2, 0) is 11.8 Å². The van der Waals surface area contributed by atoms with Crippen LogP contribution in [0, 0.1) is 23.0 Å². The van der Waals surface area contributed by atoms with Gasteiger partial charge in [0.25, 0.3) is 0 Å². The van der Waals surface area contributed by atoms with Crippen molar-refractivity contribution >= 4 is 0 Å². The monoisotopic (exact) mass is 511 g/mol. The van der Waals surface area contributed by atoms with Gasteiger partial charge in [-0.2, -0.15) is 23.4 Å². The summed E-state index contributed by atoms with van der Waals surface area (Å²) in [7, 11) is 0. The second-order valence-electron chi connectivity index (χ2n) is 10.3. The summed E-state index contributed by atoms with van der Waals surface area (Å²) in [5.41, 5.74) is 1.58. The second-order valence-corrected chi connectivity index (χ2v) is 10.3. The first-order valence-corrected chi connectivity index (χ1v) is 11.7. The zero-order chi connectivity index (χ0) is 25.7. The van der Waals surface area contributed by atoms with Gasteiger partial charge >= 0.3 is 6.18 Å². The molecule has 4 bridgehead atoms. The maximum atomic E-state index is 14.5. The highest BCUT2D eigenvalue weighted by Crippen LogP contribution is 2.81. The maximum absolute atomic E-state index is 14.5. The molecule has 3 heterocycles. The predicted octanol–water partition coefficient (Wildman–Crippen LogP) is 4.91. The molecule has 2 unspecified atom stereocenters. The van der Waals surface area contributed by atoms with Crippen molar-refractivity contribution in [1.29, 1.82) is 0 Å². The zero-order valence-corrected chi connectivity index (χ0v) is 19.3. The molecular weight excluding hydrogens is 493 g/mol. The topological polar surface area (TPSA) is 93.1 Å². The van der Waals surface area contributed by atoms with Gasteiger partial charge in [-0.15, -0.1) is 5.10 Å². The molecule has 1 aromatic carbocycles. The Morgan fingerprint density at radius 1 is 1.03 bits per heavy atom. The normalized spacial score (nSPS) is 27.3. The molecule has 37 heavy (non-hydrogen) atoms. The molecule has 0 radical (unpaired) electrons. The summed E-state index contributed by atoms with van der Waals surface area (Å²) in [5, 5.41) is 14.9. The summed E-state index contributed by atoms with van der Waals surface area (Å²) in [5.74, 6) is -1.16. The number of rotatable bonds is 4. The van der Waals surface area contributed by atoms with Gasteiger partial charge in [-0.1, -0.05) is 13.0 Å². The van der Waals surface area contributed by atoms with Crippen LogP contribution < -0.4 is 0 Å². The van der Waals surface area contributed by atoms with Crippen molar-refractivity contribution in [2.75, 3.05) is 0 Å². The van der Waals surface area contributed by atoms with Crippen molar-refractivity contribution in [3.63, 3.8) is 0 Å². The van der Waals surface area contributed by atoms with Crippen molar-refractivity contribution in [1.82, 2.24) is 35.3 Å². The number of halogens is 5. The van der Waals surface area contributed by atoms with Crippen LogP contribution in [-0.4, -0.2) is 41.5 Å². The molecule has 2 fully saturated rings. The second kappa shape index (κ2) is 7.14. The van der Waals surface area contributed by atoms with Crippen LogP contribution in [0.15, 0.2) is 36.7 Å². The molecular formula is C25H18F5N7. The fourth-order valence-corrected chi connectivity index (χ4v) is 6.78. The van der Waals surface area contributed by atoms with E-state index in [-0.39, 0.29) is 39.9 Å². The van der Waals surface area contributed by atoms with Crippen molar-refractivity contribution in [2.45, 2.75) is 43.7 Å². The average Bonchev–Trinajstić information content (AvgIpc) is 3.30. The largest absolute Gasteiger partial charge is 0.396 e. The molecule has 188 valence electrons. The zero-order valence-electron chi connectivity index (χ0n) is 19.3. The Balaban J connectivity index is 1.32. The van der Waals surface area contributed by atoms with Gasteiger partial charge in [0.15, 0.2) is 0 Å². The number of hydrogen-bond acceptors (Lipinski definition) is 6. The molecule has 3 aliphatic carbocycles. The first-order chi connectivity index (χ1) is 17.6. The molecule has 4 atom stereocenters. The Hall–Kier alpha value is -3.83. The van der Waals surface area contributed by atoms with Gasteiger partial charge in [0.1, 0.15) is 29.6 Å². The molecule has 7 nitrogen and oxygen atoms in total. The highest BCUT2D eigenvalue weighted by atomic mass is 19.4. The Morgan fingerprint density at radius 2 is 1.81 bits per heavy atom. The van der Waals surface area contributed by atoms with Crippen molar-refractivity contribution in [2.24, 2.45) is 11.3 Å². The molecule has 0 saturated heterocycles. The number of alkyl halides is 3. The smallest absolute Gasteiger partial charge is 0.262 e. The lowest BCUT2D eigenvalue weighted by Crippen LogP contribution is -2.73. The number of hydrogen-bond donors (Lipinski definition) is 1. The summed E-state index contributed by atoms with van der Waals surface area (Å²) in [6.07, 6.45) is -1.02. The molecule has 1 N–H and O–H groups in total. The molecule has 3 aliphatic rings. The van der Waals surface area contributed by atoms with E-state index in [0.29, 0.717) is 17.3 Å². The number of benzene rings is 1. The lowest BCUT2D eigenvalue weighted by Gasteiger charge is -2.76. The number of aromatic nitrogens is 7. The van der Waals surface area contributed by atoms with Crippen LogP contribution in [0.3, 0.4) is 0 Å². The lowest BCUT2D eigenvalue weighted by atomic mass is 9.26. The lowest BCUT2D eigenvalue weighted by molar-refractivity contribution is -0.175. The SMILES string of the molecule is CC12C[C@@H]3c4cc(-c5c(F)cccc5F)nnc4[C@@]1(c1cncc(-c4n[nH]c(CC(F)(F)F)n4)n1)CC32. The van der Waals surface area contributed by atoms with E-state index in [2.05, 4.69) is 37.3 Å². The predicted molar refractivity (Wildman–Crippen MR) is 119 cm³/mol. The highest BCUT2D eigenvalue weighted by Gasteiger charge is 2.77. The van der Waals surface area contributed by atoms with E-state index >= 15 is 0 Å². The van der Waals surface area contributed by atoms with Gasteiger partial charge in [-0.05, 0) is 53.9 Å². The van der Waals surface area contributed by atoms with Gasteiger partial charge in [-0.3, -0.25) is 10.1 Å². The van der Waals surface area contributed by atoms with E-state index in [0.717, 1.165) is 18.4 Å². The fraction of sp³-hybridized carbons (Fsp3) is 0.360. The van der Waals surface area contributed by atoms with Crippen LogP contribution in [0.1, 0.15) is 48.5 Å². The third-order valence-corrected chi connectivity index (χ3v) is 8.50. The summed E-state index contributed by atoms with van der Waals surface area (Å²) in [6, 6.07) is 5.39. The Kier molecular flexibility index (Phi) is 4.32. The van der Waals surface area contributed by atoms with E-state index in [4.69, 9.17) is 4.98 Å². The molecule has 3 aromatic heterocycles. The number of nitrogens with one attached hydrogen (secondary N) is 1. The third kappa shape index (κ3) is 2.92. The van der Waals surface area contributed by atoms with Gasteiger partial charge in [0.05, 0.1) is 34.3 Å². The average molecular weight is 511 g/mol. The third-order valence-electron chi connectivity index (χ3n) is 8.50. The van der Waals surface area contributed by atoms with Crippen molar-refractivity contribution in [3.05, 3.63) is 71.1 Å². The van der Waals surface area contributed by atoms with Gasteiger partial charge in [0.2, 0.25) is 5.82 Å². The molecule has 12 heteroatoms. The molecule has 4 aromatic rings. The highest BCUT2D eigenvalue weighted by molar-refractivity contribution is 5.65. The Labute approximate surface area is 206 Å². The van der Waals surface area contributed by atoms with E-state index in [1.165, 1.54) is 24.4 Å². The van der Waals surface area contributed by atoms with Crippen LogP contribution in [0.5, 0.6) is 0 Å². The molecule has 0 amide bonds. The molecule has 0 spiro atoms. The number of fused-ring (bicyclic) bond motifs is 3. The maximum Gasteiger partial charge on any atom is 0.396 e. The quantitative estimate of drug-likeness (QED) is 0.391. The minimum Gasteiger partial charge on any atom is -0.262 e. The molecule has 0 aliphatic heterocycles. The summed E-state index contributed by atoms with van der Waals surface area (Å²) in [4.78, 5) is 13.0. The first-order valence-electron chi connectivity index (χ1n) is 11.7. The van der Waals surface area contributed by atoms with Crippen LogP contribution >= 0.6 is 0 Å². The number of nitrogens with zero attached hydrogens (tertiary/aromatic N) is 6. The first kappa shape index (κ1) is 22.4. The van der Waals surface area contributed by atoms with E-state index in [1.54, 1.807) is 12.3 Å². The Morgan fingerprint density at radius 3 is 2.51 bits per heavy atom. The number of aromatic amines is 1. The summed E-state index contributed by atoms with van der Waals surface area (Å²) < 4.78 is 67.2.